The Labute approximate surface area is 178 Å². The molecule has 0 atom stereocenters. The van der Waals surface area contributed by atoms with Gasteiger partial charge in [0.25, 0.3) is 0 Å². The third kappa shape index (κ3) is 4.16. The molecule has 0 N–H and O–H groups in total. The summed E-state index contributed by atoms with van der Waals surface area (Å²) in [5, 5.41) is 0.527. The number of carbonyl (C=O) groups is 2. The predicted octanol–water partition coefficient (Wildman–Crippen LogP) is 5.21. The maximum absolute atomic E-state index is 12.4. The van der Waals surface area contributed by atoms with E-state index in [-0.39, 0.29) is 11.6 Å². The highest BCUT2D eigenvalue weighted by Gasteiger charge is 2.25. The summed E-state index contributed by atoms with van der Waals surface area (Å²) in [5.74, 6) is -0.542. The van der Waals surface area contributed by atoms with E-state index < -0.39 is 11.9 Å². The highest BCUT2D eigenvalue weighted by molar-refractivity contribution is 6.30. The summed E-state index contributed by atoms with van der Waals surface area (Å²) in [6.45, 7) is 1.92. The highest BCUT2D eigenvalue weighted by atomic mass is 35.5. The Morgan fingerprint density at radius 2 is 1.70 bits per heavy atom. The van der Waals surface area contributed by atoms with E-state index in [9.17, 15) is 9.59 Å². The van der Waals surface area contributed by atoms with Gasteiger partial charge in [-0.15, -0.1) is 0 Å². The van der Waals surface area contributed by atoms with Crippen molar-refractivity contribution >= 4 is 35.5 Å². The quantitative estimate of drug-likeness (QED) is 0.332. The molecular weight excluding hydrogens is 402 g/mol. The van der Waals surface area contributed by atoms with Crippen LogP contribution in [0.5, 0.6) is 5.75 Å². The molecule has 4 rings (SSSR count). The molecule has 5 nitrogen and oxygen atoms in total. The molecule has 1 aliphatic rings. The number of rotatable bonds is 4. The van der Waals surface area contributed by atoms with Crippen LogP contribution in [0, 0.1) is 6.92 Å². The van der Waals surface area contributed by atoms with Crippen molar-refractivity contribution < 1.29 is 19.1 Å². The Morgan fingerprint density at radius 1 is 1.00 bits per heavy atom. The van der Waals surface area contributed by atoms with Gasteiger partial charge >= 0.3 is 11.9 Å². The van der Waals surface area contributed by atoms with Crippen molar-refractivity contribution in [2.45, 2.75) is 6.92 Å². The number of esters is 2. The minimum Gasteiger partial charge on any atom is -0.422 e. The van der Waals surface area contributed by atoms with Gasteiger partial charge in [0, 0.05) is 16.1 Å². The maximum Gasteiger partial charge on any atom is 0.363 e. The van der Waals surface area contributed by atoms with Crippen LogP contribution in [-0.2, 0) is 9.53 Å². The summed E-state index contributed by atoms with van der Waals surface area (Å²) in [7, 11) is 0. The number of halogens is 1. The van der Waals surface area contributed by atoms with Crippen LogP contribution in [0.25, 0.3) is 6.08 Å². The van der Waals surface area contributed by atoms with Gasteiger partial charge in [0.2, 0.25) is 5.90 Å². The van der Waals surface area contributed by atoms with E-state index in [4.69, 9.17) is 21.1 Å². The molecule has 0 unspecified atom stereocenters. The van der Waals surface area contributed by atoms with Gasteiger partial charge in [-0.05, 0) is 55.0 Å². The van der Waals surface area contributed by atoms with E-state index in [2.05, 4.69) is 4.99 Å². The number of para-hydroxylation sites is 1. The number of carbonyl (C=O) groups excluding carboxylic acids is 2. The van der Waals surface area contributed by atoms with Crippen LogP contribution >= 0.6 is 11.6 Å². The van der Waals surface area contributed by atoms with Crippen LogP contribution < -0.4 is 4.74 Å². The molecule has 0 saturated heterocycles. The van der Waals surface area contributed by atoms with E-state index >= 15 is 0 Å². The monoisotopic (exact) mass is 417 g/mol. The van der Waals surface area contributed by atoms with Gasteiger partial charge in [0.05, 0.1) is 5.56 Å². The highest BCUT2D eigenvalue weighted by Crippen LogP contribution is 2.26. The van der Waals surface area contributed by atoms with Crippen LogP contribution in [0.15, 0.2) is 83.5 Å². The zero-order chi connectivity index (χ0) is 21.1. The van der Waals surface area contributed by atoms with E-state index in [1.165, 1.54) is 6.08 Å². The number of cyclic esters (lactones) is 1. The zero-order valence-corrected chi connectivity index (χ0v) is 16.7. The smallest absolute Gasteiger partial charge is 0.363 e. The first-order valence-electron chi connectivity index (χ1n) is 9.16. The van der Waals surface area contributed by atoms with Crippen LogP contribution in [-0.4, -0.2) is 17.8 Å². The van der Waals surface area contributed by atoms with Gasteiger partial charge in [-0.2, -0.15) is 0 Å². The normalized spacial score (nSPS) is 14.4. The average Bonchev–Trinajstić information content (AvgIpc) is 3.10. The predicted molar refractivity (Wildman–Crippen MR) is 115 cm³/mol. The van der Waals surface area contributed by atoms with Crippen molar-refractivity contribution in [2.75, 3.05) is 0 Å². The second-order valence-corrected chi connectivity index (χ2v) is 7.02. The lowest BCUT2D eigenvalue weighted by molar-refractivity contribution is -0.129. The van der Waals surface area contributed by atoms with Gasteiger partial charge in [-0.25, -0.2) is 14.6 Å². The Kier molecular flexibility index (Phi) is 5.46. The maximum atomic E-state index is 12.4. The van der Waals surface area contributed by atoms with Crippen LogP contribution in [0.1, 0.15) is 27.0 Å². The molecule has 0 saturated carbocycles. The van der Waals surface area contributed by atoms with Crippen molar-refractivity contribution in [1.82, 2.24) is 0 Å². The number of aryl methyl sites for hydroxylation is 1. The Balaban J connectivity index is 1.63. The molecule has 0 aliphatic carbocycles. The van der Waals surface area contributed by atoms with Crippen molar-refractivity contribution in [3.05, 3.63) is 106 Å². The molecule has 0 radical (unpaired) electrons. The molecule has 0 fully saturated rings. The van der Waals surface area contributed by atoms with Gasteiger partial charge in [0.15, 0.2) is 5.70 Å². The van der Waals surface area contributed by atoms with E-state index in [0.717, 1.165) is 11.1 Å². The third-order valence-electron chi connectivity index (χ3n) is 4.49. The standard InChI is InChI=1S/C24H16ClNO4/c1-15-6-2-4-8-19(15)22-26-20(24(28)30-22)14-17-7-3-5-9-21(17)29-23(27)16-10-12-18(25)13-11-16/h2-14H,1H3/b20-14+. The number of ether oxygens (including phenoxy) is 2. The van der Waals surface area contributed by atoms with Gasteiger partial charge < -0.3 is 9.47 Å². The first-order chi connectivity index (χ1) is 14.5. The summed E-state index contributed by atoms with van der Waals surface area (Å²) in [6, 6.07) is 20.8. The number of nitrogens with zero attached hydrogens (tertiary/aromatic N) is 1. The van der Waals surface area contributed by atoms with Crippen LogP contribution in [0.4, 0.5) is 0 Å². The number of hydrogen-bond acceptors (Lipinski definition) is 5. The van der Waals surface area contributed by atoms with E-state index in [1.807, 2.05) is 31.2 Å². The van der Waals surface area contributed by atoms with Crippen LogP contribution in [0.2, 0.25) is 5.02 Å². The lowest BCUT2D eigenvalue weighted by atomic mass is 10.1. The summed E-state index contributed by atoms with van der Waals surface area (Å²) in [4.78, 5) is 29.1. The molecule has 1 aliphatic heterocycles. The minimum absolute atomic E-state index is 0.128. The molecule has 148 valence electrons. The Hall–Kier alpha value is -3.70. The summed E-state index contributed by atoms with van der Waals surface area (Å²) < 4.78 is 10.9. The van der Waals surface area contributed by atoms with Crippen molar-refractivity contribution in [3.63, 3.8) is 0 Å². The summed E-state index contributed by atoms with van der Waals surface area (Å²) in [6.07, 6.45) is 1.54. The zero-order valence-electron chi connectivity index (χ0n) is 16.0. The van der Waals surface area contributed by atoms with Crippen LogP contribution in [0.3, 0.4) is 0 Å². The first-order valence-corrected chi connectivity index (χ1v) is 9.54. The lowest BCUT2D eigenvalue weighted by Gasteiger charge is -2.07. The van der Waals surface area contributed by atoms with Gasteiger partial charge in [-0.1, -0.05) is 48.0 Å². The molecule has 0 bridgehead atoms. The first kappa shape index (κ1) is 19.6. The van der Waals surface area contributed by atoms with Crippen molar-refractivity contribution in [3.8, 4) is 5.75 Å². The number of benzene rings is 3. The van der Waals surface area contributed by atoms with Crippen molar-refractivity contribution in [1.29, 1.82) is 0 Å². The molecule has 1 heterocycles. The topological polar surface area (TPSA) is 65.0 Å². The fourth-order valence-corrected chi connectivity index (χ4v) is 3.05. The second kappa shape index (κ2) is 8.35. The Bertz CT molecular complexity index is 1200. The fraction of sp³-hybridized carbons (Fsp3) is 0.0417. The largest absolute Gasteiger partial charge is 0.422 e. The molecule has 0 spiro atoms. The SMILES string of the molecule is Cc1ccccc1C1=N/C(=C/c2ccccc2OC(=O)c2ccc(Cl)cc2)C(=O)O1. The molecule has 0 aromatic heterocycles. The molecule has 6 heteroatoms. The average molecular weight is 418 g/mol. The Morgan fingerprint density at radius 3 is 2.47 bits per heavy atom. The van der Waals surface area contributed by atoms with Gasteiger partial charge in [0.1, 0.15) is 5.75 Å². The molecule has 0 amide bonds. The van der Waals surface area contributed by atoms with E-state index in [1.54, 1.807) is 48.5 Å². The van der Waals surface area contributed by atoms with Gasteiger partial charge in [-0.3, -0.25) is 0 Å². The van der Waals surface area contributed by atoms with E-state index in [0.29, 0.717) is 21.9 Å². The number of aliphatic imine (C=N–C) groups is 1. The second-order valence-electron chi connectivity index (χ2n) is 6.59. The minimum atomic E-state index is -0.563. The summed E-state index contributed by atoms with van der Waals surface area (Å²) in [5.41, 5.74) is 2.71. The summed E-state index contributed by atoms with van der Waals surface area (Å²) >= 11 is 5.86. The van der Waals surface area contributed by atoms with Crippen molar-refractivity contribution in [2.24, 2.45) is 4.99 Å². The number of hydrogen-bond donors (Lipinski definition) is 0. The third-order valence-corrected chi connectivity index (χ3v) is 4.74. The molecule has 30 heavy (non-hydrogen) atoms. The fourth-order valence-electron chi connectivity index (χ4n) is 2.92. The molecule has 3 aromatic carbocycles. The lowest BCUT2D eigenvalue weighted by Crippen LogP contribution is -2.09. The molecular formula is C24H16ClNO4. The molecule has 3 aromatic rings.